The van der Waals surface area contributed by atoms with Crippen molar-refractivity contribution in [2.75, 3.05) is 13.1 Å². The number of nitrogens with two attached hydrogens (primary N) is 1. The summed E-state index contributed by atoms with van der Waals surface area (Å²) in [6.07, 6.45) is 2.56. The standard InChI is InChI=1S/C13H19N3O/c1-9(2)12-4-3-10(7-15-12)13(17)16-6-5-11(14)8-16/h3-4,7,9,11H,5-6,8,14H2,1-2H3/t11-/m0/s1. The summed E-state index contributed by atoms with van der Waals surface area (Å²) in [7, 11) is 0. The summed E-state index contributed by atoms with van der Waals surface area (Å²) in [5.74, 6) is 0.431. The summed E-state index contributed by atoms with van der Waals surface area (Å²) in [4.78, 5) is 18.2. The Balaban J connectivity index is 2.09. The van der Waals surface area contributed by atoms with Gasteiger partial charge in [-0.15, -0.1) is 0 Å². The molecule has 1 saturated heterocycles. The fourth-order valence-electron chi connectivity index (χ4n) is 2.03. The summed E-state index contributed by atoms with van der Waals surface area (Å²) in [5, 5.41) is 0. The molecule has 0 unspecified atom stereocenters. The van der Waals surface area contributed by atoms with E-state index in [9.17, 15) is 4.79 Å². The molecule has 4 heteroatoms. The van der Waals surface area contributed by atoms with Crippen LogP contribution in [0.1, 0.15) is 42.2 Å². The predicted molar refractivity (Wildman–Crippen MR) is 66.8 cm³/mol. The molecule has 92 valence electrons. The van der Waals surface area contributed by atoms with Crippen LogP contribution >= 0.6 is 0 Å². The number of rotatable bonds is 2. The summed E-state index contributed by atoms with van der Waals surface area (Å²) in [5.41, 5.74) is 7.46. The highest BCUT2D eigenvalue weighted by molar-refractivity contribution is 5.94. The number of pyridine rings is 1. The van der Waals surface area contributed by atoms with E-state index in [1.165, 1.54) is 0 Å². The molecule has 2 heterocycles. The second kappa shape index (κ2) is 4.84. The van der Waals surface area contributed by atoms with Gasteiger partial charge in [-0.3, -0.25) is 9.78 Å². The molecule has 1 aromatic rings. The van der Waals surface area contributed by atoms with Gasteiger partial charge in [0.2, 0.25) is 0 Å². The predicted octanol–water partition coefficient (Wildman–Crippen LogP) is 1.38. The minimum atomic E-state index is 0.0424. The highest BCUT2D eigenvalue weighted by Gasteiger charge is 2.24. The maximum atomic E-state index is 12.1. The van der Waals surface area contributed by atoms with Crippen LogP contribution in [0.25, 0.3) is 0 Å². The molecule has 2 rings (SSSR count). The van der Waals surface area contributed by atoms with Crippen molar-refractivity contribution < 1.29 is 4.79 Å². The van der Waals surface area contributed by atoms with Crippen molar-refractivity contribution in [3.8, 4) is 0 Å². The lowest BCUT2D eigenvalue weighted by atomic mass is 10.1. The second-order valence-corrected chi connectivity index (χ2v) is 4.93. The molecular formula is C13H19N3O. The largest absolute Gasteiger partial charge is 0.337 e. The van der Waals surface area contributed by atoms with Gasteiger partial charge in [0, 0.05) is 31.0 Å². The Morgan fingerprint density at radius 2 is 2.29 bits per heavy atom. The molecule has 1 aliphatic heterocycles. The molecule has 17 heavy (non-hydrogen) atoms. The molecule has 1 fully saturated rings. The van der Waals surface area contributed by atoms with Crippen LogP contribution in [0, 0.1) is 0 Å². The molecule has 0 spiro atoms. The number of aromatic nitrogens is 1. The first kappa shape index (κ1) is 12.0. The number of carbonyl (C=O) groups is 1. The molecule has 0 radical (unpaired) electrons. The molecule has 1 atom stereocenters. The van der Waals surface area contributed by atoms with Gasteiger partial charge in [-0.05, 0) is 24.5 Å². The maximum Gasteiger partial charge on any atom is 0.255 e. The lowest BCUT2D eigenvalue weighted by molar-refractivity contribution is 0.0790. The molecule has 1 aliphatic rings. The van der Waals surface area contributed by atoms with Crippen molar-refractivity contribution in [2.24, 2.45) is 5.73 Å². The molecule has 0 aliphatic carbocycles. The van der Waals surface area contributed by atoms with E-state index in [-0.39, 0.29) is 11.9 Å². The number of amides is 1. The molecule has 1 aromatic heterocycles. The Bertz CT molecular complexity index is 400. The first-order valence-corrected chi connectivity index (χ1v) is 6.08. The van der Waals surface area contributed by atoms with E-state index in [0.717, 1.165) is 18.7 Å². The first-order valence-electron chi connectivity index (χ1n) is 6.08. The van der Waals surface area contributed by atoms with E-state index in [2.05, 4.69) is 18.8 Å². The van der Waals surface area contributed by atoms with Crippen molar-refractivity contribution in [2.45, 2.75) is 32.2 Å². The highest BCUT2D eigenvalue weighted by Crippen LogP contribution is 2.15. The fourth-order valence-corrected chi connectivity index (χ4v) is 2.03. The van der Waals surface area contributed by atoms with Gasteiger partial charge in [-0.25, -0.2) is 0 Å². The SMILES string of the molecule is CC(C)c1ccc(C(=O)N2CC[C@H](N)C2)cn1. The third-order valence-corrected chi connectivity index (χ3v) is 3.14. The molecule has 0 saturated carbocycles. The Morgan fingerprint density at radius 3 is 2.76 bits per heavy atom. The summed E-state index contributed by atoms with van der Waals surface area (Å²) < 4.78 is 0. The van der Waals surface area contributed by atoms with E-state index < -0.39 is 0 Å². The maximum absolute atomic E-state index is 12.1. The van der Waals surface area contributed by atoms with Crippen LogP contribution in [0.5, 0.6) is 0 Å². The van der Waals surface area contributed by atoms with Gasteiger partial charge in [0.1, 0.15) is 0 Å². The number of nitrogens with zero attached hydrogens (tertiary/aromatic N) is 2. The van der Waals surface area contributed by atoms with Crippen molar-refractivity contribution in [3.05, 3.63) is 29.6 Å². The molecule has 4 nitrogen and oxygen atoms in total. The normalized spacial score (nSPS) is 20.0. The van der Waals surface area contributed by atoms with Gasteiger partial charge in [0.25, 0.3) is 5.91 Å². The van der Waals surface area contributed by atoms with E-state index >= 15 is 0 Å². The highest BCUT2D eigenvalue weighted by atomic mass is 16.2. The van der Waals surface area contributed by atoms with Gasteiger partial charge < -0.3 is 10.6 Å². The minimum absolute atomic E-state index is 0.0424. The van der Waals surface area contributed by atoms with Gasteiger partial charge in [0.05, 0.1) is 5.56 Å². The lowest BCUT2D eigenvalue weighted by Gasteiger charge is -2.15. The van der Waals surface area contributed by atoms with E-state index in [4.69, 9.17) is 5.73 Å². The zero-order valence-corrected chi connectivity index (χ0v) is 10.4. The Kier molecular flexibility index (Phi) is 3.43. The van der Waals surface area contributed by atoms with Crippen LogP contribution in [-0.2, 0) is 0 Å². The zero-order valence-electron chi connectivity index (χ0n) is 10.4. The monoisotopic (exact) mass is 233 g/mol. The van der Waals surface area contributed by atoms with Crippen LogP contribution in [-0.4, -0.2) is 34.9 Å². The van der Waals surface area contributed by atoms with Crippen LogP contribution < -0.4 is 5.73 Å². The first-order chi connectivity index (χ1) is 8.08. The summed E-state index contributed by atoms with van der Waals surface area (Å²) in [6, 6.07) is 3.91. The molecular weight excluding hydrogens is 214 g/mol. The van der Waals surface area contributed by atoms with Crippen LogP contribution in [0.2, 0.25) is 0 Å². The van der Waals surface area contributed by atoms with Gasteiger partial charge in [0.15, 0.2) is 0 Å². The van der Waals surface area contributed by atoms with Crippen molar-refractivity contribution in [1.82, 2.24) is 9.88 Å². The Labute approximate surface area is 102 Å². The third kappa shape index (κ3) is 2.64. The topological polar surface area (TPSA) is 59.2 Å². The van der Waals surface area contributed by atoms with Crippen LogP contribution in [0.3, 0.4) is 0 Å². The number of hydrogen-bond donors (Lipinski definition) is 1. The number of hydrogen-bond acceptors (Lipinski definition) is 3. The molecule has 1 amide bonds. The van der Waals surface area contributed by atoms with Crippen molar-refractivity contribution in [3.63, 3.8) is 0 Å². The average Bonchev–Trinajstić information content (AvgIpc) is 2.75. The van der Waals surface area contributed by atoms with Crippen molar-refractivity contribution in [1.29, 1.82) is 0 Å². The van der Waals surface area contributed by atoms with Crippen LogP contribution in [0.15, 0.2) is 18.3 Å². The zero-order chi connectivity index (χ0) is 12.4. The molecule has 0 aromatic carbocycles. The fraction of sp³-hybridized carbons (Fsp3) is 0.538. The number of carbonyl (C=O) groups excluding carboxylic acids is 1. The quantitative estimate of drug-likeness (QED) is 0.839. The number of likely N-dealkylation sites (tertiary alicyclic amines) is 1. The summed E-state index contributed by atoms with van der Waals surface area (Å²) >= 11 is 0. The van der Waals surface area contributed by atoms with Crippen LogP contribution in [0.4, 0.5) is 0 Å². The summed E-state index contributed by atoms with van der Waals surface area (Å²) in [6.45, 7) is 5.59. The van der Waals surface area contributed by atoms with E-state index in [0.29, 0.717) is 18.0 Å². The van der Waals surface area contributed by atoms with Gasteiger partial charge in [-0.2, -0.15) is 0 Å². The lowest BCUT2D eigenvalue weighted by Crippen LogP contribution is -2.31. The minimum Gasteiger partial charge on any atom is -0.337 e. The second-order valence-electron chi connectivity index (χ2n) is 4.93. The third-order valence-electron chi connectivity index (χ3n) is 3.14. The van der Waals surface area contributed by atoms with E-state index in [1.54, 1.807) is 11.1 Å². The van der Waals surface area contributed by atoms with Gasteiger partial charge in [-0.1, -0.05) is 13.8 Å². The Hall–Kier alpha value is -1.42. The smallest absolute Gasteiger partial charge is 0.255 e. The van der Waals surface area contributed by atoms with Gasteiger partial charge >= 0.3 is 0 Å². The average molecular weight is 233 g/mol. The Morgan fingerprint density at radius 1 is 1.53 bits per heavy atom. The van der Waals surface area contributed by atoms with E-state index in [1.807, 2.05) is 12.1 Å². The molecule has 0 bridgehead atoms. The van der Waals surface area contributed by atoms with Crippen molar-refractivity contribution >= 4 is 5.91 Å². The molecule has 2 N–H and O–H groups in total.